The number of carbonyl (C=O) groups excluding carboxylic acids is 2. The smallest absolute Gasteiger partial charge is 0.261 e. The molecule has 2 heterocycles. The van der Waals surface area contributed by atoms with E-state index in [2.05, 4.69) is 10.3 Å². The second-order valence-corrected chi connectivity index (χ2v) is 7.08. The molecule has 0 radical (unpaired) electrons. The third-order valence-corrected chi connectivity index (χ3v) is 5.15. The van der Waals surface area contributed by atoms with Crippen molar-refractivity contribution in [3.63, 3.8) is 0 Å². The van der Waals surface area contributed by atoms with E-state index in [1.54, 1.807) is 56.1 Å². The fourth-order valence-corrected chi connectivity index (χ4v) is 3.39. The van der Waals surface area contributed by atoms with Gasteiger partial charge in [-0.3, -0.25) is 19.0 Å². The lowest BCUT2D eigenvalue weighted by atomic mass is 10.1. The van der Waals surface area contributed by atoms with E-state index in [-0.39, 0.29) is 29.8 Å². The number of nitrogens with one attached hydrogen (secondary N) is 1. The zero-order valence-electron chi connectivity index (χ0n) is 15.9. The number of aryl methyl sites for hydroxylation is 1. The molecule has 3 aromatic rings. The van der Waals surface area contributed by atoms with Gasteiger partial charge in [0.15, 0.2) is 0 Å². The fraction of sp³-hybridized carbons (Fsp3) is 0.238. The van der Waals surface area contributed by atoms with Crippen LogP contribution in [-0.4, -0.2) is 27.9 Å². The number of fused-ring (bicyclic) bond motifs is 2. The zero-order chi connectivity index (χ0) is 20.0. The number of hydrogen-bond donors (Lipinski definition) is 1. The van der Waals surface area contributed by atoms with E-state index >= 15 is 0 Å². The number of para-hydroxylation sites is 2. The lowest BCUT2D eigenvalue weighted by Gasteiger charge is -2.23. The number of hydrogen-bond acceptors (Lipinski definition) is 4. The largest absolute Gasteiger partial charge is 0.324 e. The Bertz CT molecular complexity index is 1180. The molecule has 0 spiro atoms. The molecule has 28 heavy (non-hydrogen) atoms. The maximum absolute atomic E-state index is 13.3. The van der Waals surface area contributed by atoms with Crippen molar-refractivity contribution in [3.05, 3.63) is 64.2 Å². The summed E-state index contributed by atoms with van der Waals surface area (Å²) in [4.78, 5) is 44.2. The Morgan fingerprint density at radius 2 is 1.93 bits per heavy atom. The van der Waals surface area contributed by atoms with Crippen LogP contribution in [0.2, 0.25) is 0 Å². The number of benzene rings is 2. The van der Waals surface area contributed by atoms with Crippen LogP contribution >= 0.6 is 0 Å². The molecule has 1 N–H and O–H groups in total. The maximum atomic E-state index is 13.3. The number of aromatic nitrogens is 2. The van der Waals surface area contributed by atoms with Gasteiger partial charge in [0.2, 0.25) is 5.91 Å². The van der Waals surface area contributed by atoms with E-state index in [0.717, 1.165) is 0 Å². The van der Waals surface area contributed by atoms with E-state index in [4.69, 9.17) is 0 Å². The molecule has 2 aromatic carbocycles. The minimum atomic E-state index is -0.367. The molecule has 4 rings (SSSR count). The number of anilines is 2. The van der Waals surface area contributed by atoms with Crippen LogP contribution in [0.1, 0.15) is 23.1 Å². The molecular formula is C21H20N4O3. The van der Waals surface area contributed by atoms with Crippen LogP contribution in [-0.2, 0) is 11.8 Å². The summed E-state index contributed by atoms with van der Waals surface area (Å²) in [5, 5.41) is 3.26. The number of carbonyl (C=O) groups is 2. The predicted octanol–water partition coefficient (Wildman–Crippen LogP) is 2.48. The van der Waals surface area contributed by atoms with Gasteiger partial charge in [-0.15, -0.1) is 0 Å². The summed E-state index contributed by atoms with van der Waals surface area (Å²) < 4.78 is 1.46. The van der Waals surface area contributed by atoms with E-state index in [1.165, 1.54) is 4.57 Å². The molecule has 7 nitrogen and oxygen atoms in total. The van der Waals surface area contributed by atoms with E-state index in [1.807, 2.05) is 12.1 Å². The van der Waals surface area contributed by atoms with E-state index < -0.39 is 0 Å². The summed E-state index contributed by atoms with van der Waals surface area (Å²) in [6.07, 6.45) is 0. The molecule has 0 saturated heterocycles. The van der Waals surface area contributed by atoms with Gasteiger partial charge in [-0.05, 0) is 37.3 Å². The van der Waals surface area contributed by atoms with Crippen LogP contribution in [0.3, 0.4) is 0 Å². The molecule has 0 bridgehead atoms. The third-order valence-electron chi connectivity index (χ3n) is 5.15. The van der Waals surface area contributed by atoms with Crippen molar-refractivity contribution < 1.29 is 9.59 Å². The normalized spacial score (nSPS) is 16.5. The molecule has 2 amide bonds. The van der Waals surface area contributed by atoms with Crippen LogP contribution in [0, 0.1) is 12.8 Å². The number of rotatable bonds is 1. The van der Waals surface area contributed by atoms with Crippen LogP contribution in [0.15, 0.2) is 47.3 Å². The van der Waals surface area contributed by atoms with Gasteiger partial charge in [0.05, 0.1) is 28.2 Å². The van der Waals surface area contributed by atoms with E-state index in [0.29, 0.717) is 33.7 Å². The Labute approximate surface area is 161 Å². The summed E-state index contributed by atoms with van der Waals surface area (Å²) in [5.41, 5.74) is 1.98. The highest BCUT2D eigenvalue weighted by Gasteiger charge is 2.29. The highest BCUT2D eigenvalue weighted by atomic mass is 16.2. The van der Waals surface area contributed by atoms with Crippen LogP contribution in [0.25, 0.3) is 10.9 Å². The molecule has 0 saturated carbocycles. The summed E-state index contributed by atoms with van der Waals surface area (Å²) in [5.74, 6) is -0.152. The standard InChI is InChI=1S/C21H20N4O3/c1-12-11-25(18-7-5-4-6-17(18)23-19(12)26)20(27)14-8-9-16-15(10-14)21(28)24(3)13(2)22-16/h4-10,12H,11H2,1-3H3,(H,23,26). The molecule has 1 unspecified atom stereocenters. The van der Waals surface area contributed by atoms with Crippen LogP contribution in [0.5, 0.6) is 0 Å². The van der Waals surface area contributed by atoms with Crippen molar-refractivity contribution >= 4 is 34.1 Å². The average Bonchev–Trinajstić information content (AvgIpc) is 2.82. The van der Waals surface area contributed by atoms with Gasteiger partial charge in [-0.25, -0.2) is 4.98 Å². The Balaban J connectivity index is 1.83. The SMILES string of the molecule is Cc1nc2ccc(C(=O)N3CC(C)C(=O)Nc4ccccc43)cc2c(=O)n1C. The minimum Gasteiger partial charge on any atom is -0.324 e. The van der Waals surface area contributed by atoms with Gasteiger partial charge >= 0.3 is 0 Å². The lowest BCUT2D eigenvalue weighted by molar-refractivity contribution is -0.119. The van der Waals surface area contributed by atoms with Crippen molar-refractivity contribution in [2.75, 3.05) is 16.8 Å². The van der Waals surface area contributed by atoms with Crippen molar-refractivity contribution in [2.45, 2.75) is 13.8 Å². The first-order valence-electron chi connectivity index (χ1n) is 9.06. The third kappa shape index (κ3) is 2.85. The Kier molecular flexibility index (Phi) is 4.22. The second kappa shape index (κ2) is 6.60. The summed E-state index contributed by atoms with van der Waals surface area (Å²) in [6, 6.07) is 12.2. The molecule has 1 atom stereocenters. The van der Waals surface area contributed by atoms with Crippen molar-refractivity contribution in [1.82, 2.24) is 9.55 Å². The maximum Gasteiger partial charge on any atom is 0.261 e. The van der Waals surface area contributed by atoms with Crippen molar-refractivity contribution in [1.29, 1.82) is 0 Å². The predicted molar refractivity (Wildman–Crippen MR) is 108 cm³/mol. The van der Waals surface area contributed by atoms with Gasteiger partial charge in [0, 0.05) is 19.2 Å². The Hall–Kier alpha value is -3.48. The lowest BCUT2D eigenvalue weighted by Crippen LogP contribution is -2.36. The highest BCUT2D eigenvalue weighted by Crippen LogP contribution is 2.31. The van der Waals surface area contributed by atoms with Gasteiger partial charge in [-0.1, -0.05) is 19.1 Å². The van der Waals surface area contributed by atoms with E-state index in [9.17, 15) is 14.4 Å². The average molecular weight is 376 g/mol. The summed E-state index contributed by atoms with van der Waals surface area (Å²) in [6.45, 7) is 3.80. The van der Waals surface area contributed by atoms with Gasteiger partial charge < -0.3 is 10.2 Å². The molecule has 1 aromatic heterocycles. The van der Waals surface area contributed by atoms with Crippen molar-refractivity contribution in [3.8, 4) is 0 Å². The quantitative estimate of drug-likeness (QED) is 0.707. The first-order chi connectivity index (χ1) is 13.4. The highest BCUT2D eigenvalue weighted by molar-refractivity contribution is 6.11. The minimum absolute atomic E-state index is 0.130. The first kappa shape index (κ1) is 17.9. The fourth-order valence-electron chi connectivity index (χ4n) is 3.39. The molecule has 142 valence electrons. The molecular weight excluding hydrogens is 356 g/mol. The topological polar surface area (TPSA) is 84.3 Å². The molecule has 0 aliphatic carbocycles. The molecule has 0 fully saturated rings. The van der Waals surface area contributed by atoms with Gasteiger partial charge in [0.25, 0.3) is 11.5 Å². The number of amides is 2. The Morgan fingerprint density at radius 1 is 1.18 bits per heavy atom. The monoisotopic (exact) mass is 376 g/mol. The second-order valence-electron chi connectivity index (χ2n) is 7.08. The zero-order valence-corrected chi connectivity index (χ0v) is 15.9. The Morgan fingerprint density at radius 3 is 2.71 bits per heavy atom. The van der Waals surface area contributed by atoms with Crippen molar-refractivity contribution in [2.24, 2.45) is 13.0 Å². The molecule has 1 aliphatic rings. The molecule has 7 heteroatoms. The number of nitrogens with zero attached hydrogens (tertiary/aromatic N) is 3. The first-order valence-corrected chi connectivity index (χ1v) is 9.06. The van der Waals surface area contributed by atoms with Crippen LogP contribution in [0.4, 0.5) is 11.4 Å². The van der Waals surface area contributed by atoms with Crippen LogP contribution < -0.4 is 15.8 Å². The summed E-state index contributed by atoms with van der Waals surface area (Å²) in [7, 11) is 1.66. The molecule has 1 aliphatic heterocycles. The van der Waals surface area contributed by atoms with Gasteiger partial charge in [0.1, 0.15) is 5.82 Å². The summed E-state index contributed by atoms with van der Waals surface area (Å²) >= 11 is 0. The van der Waals surface area contributed by atoms with Gasteiger partial charge in [-0.2, -0.15) is 0 Å².